The number of nitrogens with two attached hydrogens (primary N) is 2. The minimum absolute atomic E-state index is 0.128. The van der Waals surface area contributed by atoms with Gasteiger partial charge in [0, 0.05) is 19.8 Å². The largest absolute Gasteiger partial charge is 0.370 e. The van der Waals surface area contributed by atoms with Crippen molar-refractivity contribution in [2.75, 3.05) is 26.4 Å². The van der Waals surface area contributed by atoms with E-state index in [0.717, 1.165) is 25.9 Å². The van der Waals surface area contributed by atoms with E-state index in [1.54, 1.807) is 6.66 Å². The first-order valence-corrected chi connectivity index (χ1v) is 7.54. The summed E-state index contributed by atoms with van der Waals surface area (Å²) in [5, 5.41) is 0. The summed E-state index contributed by atoms with van der Waals surface area (Å²) < 4.78 is 19.3. The molecule has 0 aromatic carbocycles. The van der Waals surface area contributed by atoms with Crippen LogP contribution in [0.2, 0.25) is 0 Å². The van der Waals surface area contributed by atoms with Crippen molar-refractivity contribution in [3.63, 3.8) is 0 Å². The van der Waals surface area contributed by atoms with Crippen LogP contribution in [0.3, 0.4) is 0 Å². The molecule has 1 unspecified atom stereocenters. The maximum atomic E-state index is 12.1. The summed E-state index contributed by atoms with van der Waals surface area (Å²) in [6.07, 6.45) is 1.64. The van der Waals surface area contributed by atoms with Gasteiger partial charge in [-0.25, -0.2) is 4.67 Å². The Morgan fingerprint density at radius 1 is 1.50 bits per heavy atom. The van der Waals surface area contributed by atoms with E-state index in [0.29, 0.717) is 6.61 Å². The number of rotatable bonds is 4. The molecule has 1 rings (SSSR count). The molecule has 7 heteroatoms. The fourth-order valence-electron chi connectivity index (χ4n) is 1.88. The first kappa shape index (κ1) is 13.5. The van der Waals surface area contributed by atoms with E-state index in [-0.39, 0.29) is 12.0 Å². The predicted octanol–water partition coefficient (Wildman–Crippen LogP) is 0.584. The standard InChI is InChI=1S/C9H21N4O2P/c1-3-15-16(2,14)13-6-4-8(5-7-13)12-9(10)11/h8H,3-7H2,1-2H3,(H4,10,11,12). The van der Waals surface area contributed by atoms with Crippen molar-refractivity contribution in [3.05, 3.63) is 0 Å². The lowest BCUT2D eigenvalue weighted by Gasteiger charge is -2.33. The van der Waals surface area contributed by atoms with E-state index in [1.165, 1.54) is 0 Å². The molecule has 1 fully saturated rings. The van der Waals surface area contributed by atoms with Gasteiger partial charge < -0.3 is 16.0 Å². The van der Waals surface area contributed by atoms with Gasteiger partial charge >= 0.3 is 0 Å². The van der Waals surface area contributed by atoms with Gasteiger partial charge in [0.1, 0.15) is 0 Å². The summed E-state index contributed by atoms with van der Waals surface area (Å²) in [4.78, 5) is 4.11. The Bertz CT molecular complexity index is 296. The number of aliphatic imine (C=N–C) groups is 1. The number of hydrogen-bond acceptors (Lipinski definition) is 3. The molecule has 1 aliphatic heterocycles. The first-order valence-electron chi connectivity index (χ1n) is 5.52. The van der Waals surface area contributed by atoms with Crippen LogP contribution in [0.5, 0.6) is 0 Å². The molecule has 1 aliphatic rings. The highest BCUT2D eigenvalue weighted by Gasteiger charge is 2.30. The Hall–Kier alpha value is -0.580. The first-order chi connectivity index (χ1) is 7.45. The van der Waals surface area contributed by atoms with Gasteiger partial charge in [0.15, 0.2) is 5.96 Å². The second-order valence-corrected chi connectivity index (χ2v) is 6.39. The van der Waals surface area contributed by atoms with Crippen LogP contribution in [0.1, 0.15) is 19.8 Å². The Morgan fingerprint density at radius 3 is 2.50 bits per heavy atom. The van der Waals surface area contributed by atoms with E-state index in [2.05, 4.69) is 4.99 Å². The van der Waals surface area contributed by atoms with E-state index < -0.39 is 7.52 Å². The highest BCUT2D eigenvalue weighted by molar-refractivity contribution is 7.55. The number of hydrogen-bond donors (Lipinski definition) is 2. The Balaban J connectivity index is 2.49. The average Bonchev–Trinajstić information content (AvgIpc) is 2.17. The molecule has 0 bridgehead atoms. The SMILES string of the molecule is CCOP(C)(=O)N1CCC(N=C(N)N)CC1. The van der Waals surface area contributed by atoms with Crippen LogP contribution in [0.25, 0.3) is 0 Å². The summed E-state index contributed by atoms with van der Waals surface area (Å²) in [6.45, 7) is 5.42. The van der Waals surface area contributed by atoms with Gasteiger partial charge in [-0.1, -0.05) is 0 Å². The molecule has 4 N–H and O–H groups in total. The molecule has 1 atom stereocenters. The lowest BCUT2D eigenvalue weighted by Crippen LogP contribution is -2.35. The molecule has 16 heavy (non-hydrogen) atoms. The molecular formula is C9H21N4O2P. The van der Waals surface area contributed by atoms with Crippen LogP contribution in [0.15, 0.2) is 4.99 Å². The lowest BCUT2D eigenvalue weighted by molar-refractivity contribution is 0.246. The Kier molecular flexibility index (Phi) is 4.77. The van der Waals surface area contributed by atoms with Crippen molar-refractivity contribution < 1.29 is 9.09 Å². The van der Waals surface area contributed by atoms with Crippen LogP contribution in [-0.4, -0.2) is 43.0 Å². The average molecular weight is 248 g/mol. The molecule has 0 aliphatic carbocycles. The van der Waals surface area contributed by atoms with Gasteiger partial charge in [-0.3, -0.25) is 9.56 Å². The van der Waals surface area contributed by atoms with Gasteiger partial charge in [-0.2, -0.15) is 0 Å². The zero-order valence-corrected chi connectivity index (χ0v) is 10.8. The smallest absolute Gasteiger partial charge is 0.269 e. The van der Waals surface area contributed by atoms with Crippen molar-refractivity contribution in [3.8, 4) is 0 Å². The van der Waals surface area contributed by atoms with Crippen molar-refractivity contribution in [2.45, 2.75) is 25.8 Å². The minimum Gasteiger partial charge on any atom is -0.370 e. The monoisotopic (exact) mass is 248 g/mol. The topological polar surface area (TPSA) is 93.9 Å². The zero-order valence-electron chi connectivity index (χ0n) is 9.93. The molecule has 0 spiro atoms. The molecule has 0 aromatic rings. The van der Waals surface area contributed by atoms with Crippen LogP contribution >= 0.6 is 7.52 Å². The highest BCUT2D eigenvalue weighted by atomic mass is 31.2. The van der Waals surface area contributed by atoms with Gasteiger partial charge in [-0.15, -0.1) is 0 Å². The van der Waals surface area contributed by atoms with E-state index in [4.69, 9.17) is 16.0 Å². The van der Waals surface area contributed by atoms with E-state index in [1.807, 2.05) is 11.6 Å². The van der Waals surface area contributed by atoms with Gasteiger partial charge in [0.25, 0.3) is 7.52 Å². The van der Waals surface area contributed by atoms with E-state index in [9.17, 15) is 4.57 Å². The van der Waals surface area contributed by atoms with E-state index >= 15 is 0 Å². The second-order valence-electron chi connectivity index (χ2n) is 3.96. The van der Waals surface area contributed by atoms with Gasteiger partial charge in [0.2, 0.25) is 0 Å². The summed E-state index contributed by atoms with van der Waals surface area (Å²) in [7, 11) is -2.61. The van der Waals surface area contributed by atoms with Crippen molar-refractivity contribution in [1.29, 1.82) is 0 Å². The second kappa shape index (κ2) is 5.66. The fourth-order valence-corrected chi connectivity index (χ4v) is 3.48. The number of piperidine rings is 1. The van der Waals surface area contributed by atoms with Crippen LogP contribution < -0.4 is 11.5 Å². The van der Waals surface area contributed by atoms with Crippen LogP contribution in [0.4, 0.5) is 0 Å². The maximum absolute atomic E-state index is 12.1. The maximum Gasteiger partial charge on any atom is 0.269 e. The quantitative estimate of drug-likeness (QED) is 0.431. The van der Waals surface area contributed by atoms with Gasteiger partial charge in [-0.05, 0) is 19.8 Å². The third kappa shape index (κ3) is 3.77. The molecule has 6 nitrogen and oxygen atoms in total. The third-order valence-electron chi connectivity index (χ3n) is 2.65. The molecule has 0 saturated carbocycles. The number of nitrogens with zero attached hydrogens (tertiary/aromatic N) is 2. The van der Waals surface area contributed by atoms with Crippen LogP contribution in [0, 0.1) is 0 Å². The summed E-state index contributed by atoms with van der Waals surface area (Å²) in [5.41, 5.74) is 10.7. The Morgan fingerprint density at radius 2 is 2.06 bits per heavy atom. The normalized spacial score (nSPS) is 22.6. The Labute approximate surface area is 96.5 Å². The molecule has 0 amide bonds. The van der Waals surface area contributed by atoms with Crippen molar-refractivity contribution >= 4 is 13.5 Å². The summed E-state index contributed by atoms with van der Waals surface area (Å²) in [5.74, 6) is 0.128. The lowest BCUT2D eigenvalue weighted by atomic mass is 10.1. The zero-order chi connectivity index (χ0) is 12.2. The molecule has 1 saturated heterocycles. The molecule has 0 radical (unpaired) electrons. The highest BCUT2D eigenvalue weighted by Crippen LogP contribution is 2.48. The third-order valence-corrected chi connectivity index (χ3v) is 4.82. The fraction of sp³-hybridized carbons (Fsp3) is 0.889. The summed E-state index contributed by atoms with van der Waals surface area (Å²) in [6, 6.07) is 0.155. The molecule has 94 valence electrons. The van der Waals surface area contributed by atoms with Gasteiger partial charge in [0.05, 0.1) is 12.6 Å². The van der Waals surface area contributed by atoms with Crippen LogP contribution in [-0.2, 0) is 9.09 Å². The number of guanidine groups is 1. The van der Waals surface area contributed by atoms with Crippen molar-refractivity contribution in [2.24, 2.45) is 16.5 Å². The molecule has 1 heterocycles. The minimum atomic E-state index is -2.61. The summed E-state index contributed by atoms with van der Waals surface area (Å²) >= 11 is 0. The molecule has 0 aromatic heterocycles. The van der Waals surface area contributed by atoms with Crippen molar-refractivity contribution in [1.82, 2.24) is 4.67 Å². The predicted molar refractivity (Wildman–Crippen MR) is 65.6 cm³/mol. The molecular weight excluding hydrogens is 227 g/mol.